The molecule has 116 valence electrons. The van der Waals surface area contributed by atoms with Crippen molar-refractivity contribution >= 4 is 23.2 Å². The van der Waals surface area contributed by atoms with Crippen LogP contribution in [0, 0.1) is 5.82 Å². The number of halogens is 2. The molecule has 0 saturated carbocycles. The minimum atomic E-state index is -0.591. The van der Waals surface area contributed by atoms with Gasteiger partial charge < -0.3 is 9.30 Å². The van der Waals surface area contributed by atoms with Gasteiger partial charge in [0.2, 0.25) is 0 Å². The molecule has 0 radical (unpaired) electrons. The van der Waals surface area contributed by atoms with E-state index in [1.54, 1.807) is 4.90 Å². The van der Waals surface area contributed by atoms with Crippen LogP contribution in [0.5, 0.6) is 0 Å². The third kappa shape index (κ3) is 2.28. The first-order valence-corrected chi connectivity index (χ1v) is 7.71. The molecule has 0 spiro atoms. The average Bonchev–Trinajstić information content (AvgIpc) is 2.92. The molecule has 0 bridgehead atoms. The number of rotatable bonds is 1. The molecule has 1 amide bonds. The Morgan fingerprint density at radius 1 is 1.22 bits per heavy atom. The Kier molecular flexibility index (Phi) is 3.31. The Hall–Kier alpha value is -2.40. The van der Waals surface area contributed by atoms with Crippen molar-refractivity contribution in [2.75, 3.05) is 6.54 Å². The number of aromatic nitrogens is 2. The first-order valence-electron chi connectivity index (χ1n) is 7.33. The highest BCUT2D eigenvalue weighted by Gasteiger charge is 2.28. The number of nitrogens with zero attached hydrogens (tertiary/aromatic N) is 3. The zero-order chi connectivity index (χ0) is 16.0. The number of carbonyl (C=O) groups excluding carboxylic acids is 1. The number of carbonyl (C=O) groups is 1. The van der Waals surface area contributed by atoms with Crippen molar-refractivity contribution in [1.29, 1.82) is 0 Å². The molecule has 2 aromatic heterocycles. The number of benzene rings is 1. The van der Waals surface area contributed by atoms with Crippen molar-refractivity contribution in [2.45, 2.75) is 13.0 Å². The fraction of sp³-hybridized carbons (Fsp3) is 0.176. The molecule has 4 rings (SSSR count). The number of imidazole rings is 1. The molecule has 4 nitrogen and oxygen atoms in total. The second kappa shape index (κ2) is 5.35. The highest BCUT2D eigenvalue weighted by molar-refractivity contribution is 6.33. The van der Waals surface area contributed by atoms with Gasteiger partial charge in [-0.05, 0) is 24.3 Å². The van der Waals surface area contributed by atoms with Gasteiger partial charge in [0, 0.05) is 19.2 Å². The van der Waals surface area contributed by atoms with Gasteiger partial charge in [0.15, 0.2) is 0 Å². The van der Waals surface area contributed by atoms with Gasteiger partial charge in [0.05, 0.1) is 28.5 Å². The summed E-state index contributed by atoms with van der Waals surface area (Å²) in [5.74, 6) is -0.976. The second-order valence-electron chi connectivity index (χ2n) is 5.51. The third-order valence-corrected chi connectivity index (χ3v) is 4.45. The molecule has 1 aromatic carbocycles. The molecule has 0 fully saturated rings. The van der Waals surface area contributed by atoms with Gasteiger partial charge in [-0.25, -0.2) is 9.37 Å². The Bertz CT molecular complexity index is 901. The van der Waals surface area contributed by atoms with Crippen LogP contribution in [0.3, 0.4) is 0 Å². The zero-order valence-corrected chi connectivity index (χ0v) is 12.9. The number of amides is 1. The molecule has 0 N–H and O–H groups in total. The average molecular weight is 330 g/mol. The van der Waals surface area contributed by atoms with Crippen LogP contribution in [-0.4, -0.2) is 26.7 Å². The quantitative estimate of drug-likeness (QED) is 0.687. The lowest BCUT2D eigenvalue weighted by molar-refractivity contribution is 0.0726. The molecule has 3 aromatic rings. The van der Waals surface area contributed by atoms with E-state index in [1.807, 2.05) is 28.8 Å². The van der Waals surface area contributed by atoms with Crippen molar-refractivity contribution < 1.29 is 9.18 Å². The first-order chi connectivity index (χ1) is 11.1. The van der Waals surface area contributed by atoms with Crippen molar-refractivity contribution in [3.63, 3.8) is 0 Å². The van der Waals surface area contributed by atoms with Crippen LogP contribution in [0.1, 0.15) is 21.7 Å². The topological polar surface area (TPSA) is 37.6 Å². The van der Waals surface area contributed by atoms with E-state index in [1.165, 1.54) is 18.2 Å². The second-order valence-corrected chi connectivity index (χ2v) is 5.91. The number of fused-ring (bicyclic) bond motifs is 3. The van der Waals surface area contributed by atoms with E-state index in [9.17, 15) is 9.18 Å². The van der Waals surface area contributed by atoms with E-state index in [2.05, 4.69) is 4.98 Å². The Labute approximate surface area is 137 Å². The predicted molar refractivity (Wildman–Crippen MR) is 85.0 cm³/mol. The van der Waals surface area contributed by atoms with Crippen molar-refractivity contribution in [2.24, 2.45) is 0 Å². The van der Waals surface area contributed by atoms with Crippen LogP contribution in [0.2, 0.25) is 5.02 Å². The summed E-state index contributed by atoms with van der Waals surface area (Å²) in [5, 5.41) is 0.138. The van der Waals surface area contributed by atoms with Crippen LogP contribution < -0.4 is 0 Å². The summed E-state index contributed by atoms with van der Waals surface area (Å²) < 4.78 is 16.0. The maximum atomic E-state index is 14.0. The SMILES string of the molecule is O=C(c1c(F)cccc1Cl)N1CCc2nc3ccccn3c2C1. The van der Waals surface area contributed by atoms with Crippen molar-refractivity contribution in [3.05, 3.63) is 70.4 Å². The van der Waals surface area contributed by atoms with E-state index in [0.29, 0.717) is 19.5 Å². The zero-order valence-electron chi connectivity index (χ0n) is 12.2. The number of hydrogen-bond acceptors (Lipinski definition) is 2. The molecule has 0 saturated heterocycles. The van der Waals surface area contributed by atoms with E-state index >= 15 is 0 Å². The van der Waals surface area contributed by atoms with Crippen LogP contribution in [-0.2, 0) is 13.0 Å². The maximum absolute atomic E-state index is 14.0. The largest absolute Gasteiger partial charge is 0.332 e. The van der Waals surface area contributed by atoms with Gasteiger partial charge in [-0.3, -0.25) is 4.79 Å². The van der Waals surface area contributed by atoms with Gasteiger partial charge >= 0.3 is 0 Å². The van der Waals surface area contributed by atoms with Crippen LogP contribution >= 0.6 is 11.6 Å². The molecule has 0 unspecified atom stereocenters. The highest BCUT2D eigenvalue weighted by Crippen LogP contribution is 2.25. The summed E-state index contributed by atoms with van der Waals surface area (Å²) in [6, 6.07) is 10.1. The normalized spacial score (nSPS) is 14.1. The third-order valence-electron chi connectivity index (χ3n) is 4.13. The highest BCUT2D eigenvalue weighted by atomic mass is 35.5. The lowest BCUT2D eigenvalue weighted by Crippen LogP contribution is -2.37. The monoisotopic (exact) mass is 329 g/mol. The van der Waals surface area contributed by atoms with Crippen LogP contribution in [0.25, 0.3) is 5.65 Å². The molecule has 3 heterocycles. The standard InChI is InChI=1S/C17H13ClFN3O/c18-11-4-3-5-12(19)16(11)17(23)21-9-7-13-14(10-21)22-8-2-1-6-15(22)20-13/h1-6,8H,7,9-10H2. The lowest BCUT2D eigenvalue weighted by Gasteiger charge is -2.27. The Balaban J connectivity index is 1.71. The minimum absolute atomic E-state index is 0.0635. The molecule has 0 atom stereocenters. The summed E-state index contributed by atoms with van der Waals surface area (Å²) in [4.78, 5) is 18.9. The van der Waals surface area contributed by atoms with Crippen LogP contribution in [0.4, 0.5) is 4.39 Å². The maximum Gasteiger partial charge on any atom is 0.258 e. The summed E-state index contributed by atoms with van der Waals surface area (Å²) in [5.41, 5.74) is 2.75. The smallest absolute Gasteiger partial charge is 0.258 e. The summed E-state index contributed by atoms with van der Waals surface area (Å²) in [7, 11) is 0. The van der Waals surface area contributed by atoms with E-state index in [4.69, 9.17) is 11.6 Å². The van der Waals surface area contributed by atoms with Gasteiger partial charge in [-0.15, -0.1) is 0 Å². The van der Waals surface area contributed by atoms with Gasteiger partial charge in [0.25, 0.3) is 5.91 Å². The summed E-state index contributed by atoms with van der Waals surface area (Å²) in [6.07, 6.45) is 2.57. The van der Waals surface area contributed by atoms with Gasteiger partial charge in [0.1, 0.15) is 11.5 Å². The van der Waals surface area contributed by atoms with Gasteiger partial charge in [-0.2, -0.15) is 0 Å². The fourth-order valence-electron chi connectivity index (χ4n) is 3.00. The Morgan fingerprint density at radius 3 is 2.91 bits per heavy atom. The van der Waals surface area contributed by atoms with Crippen LogP contribution in [0.15, 0.2) is 42.6 Å². The Morgan fingerprint density at radius 2 is 2.09 bits per heavy atom. The molecular formula is C17H13ClFN3O. The molecular weight excluding hydrogens is 317 g/mol. The fourth-order valence-corrected chi connectivity index (χ4v) is 3.24. The molecule has 6 heteroatoms. The number of hydrogen-bond donors (Lipinski definition) is 0. The summed E-state index contributed by atoms with van der Waals surface area (Å²) >= 11 is 6.01. The van der Waals surface area contributed by atoms with E-state index in [-0.39, 0.29) is 16.5 Å². The van der Waals surface area contributed by atoms with Gasteiger partial charge in [-0.1, -0.05) is 23.7 Å². The van der Waals surface area contributed by atoms with Crippen molar-refractivity contribution in [3.8, 4) is 0 Å². The summed E-state index contributed by atoms with van der Waals surface area (Å²) in [6.45, 7) is 0.893. The lowest BCUT2D eigenvalue weighted by atomic mass is 10.1. The molecule has 1 aliphatic heterocycles. The predicted octanol–water partition coefficient (Wildman–Crippen LogP) is 3.33. The molecule has 0 aliphatic carbocycles. The molecule has 1 aliphatic rings. The number of pyridine rings is 1. The first kappa shape index (κ1) is 14.2. The van der Waals surface area contributed by atoms with E-state index < -0.39 is 5.82 Å². The molecule has 23 heavy (non-hydrogen) atoms. The van der Waals surface area contributed by atoms with E-state index in [0.717, 1.165) is 17.0 Å². The van der Waals surface area contributed by atoms with Crippen molar-refractivity contribution in [1.82, 2.24) is 14.3 Å². The minimum Gasteiger partial charge on any atom is -0.332 e.